The van der Waals surface area contributed by atoms with Gasteiger partial charge in [-0.1, -0.05) is 13.0 Å². The fourth-order valence-corrected chi connectivity index (χ4v) is 1.29. The number of hydrogen-bond acceptors (Lipinski definition) is 3. The van der Waals surface area contributed by atoms with Crippen LogP contribution in [0.5, 0.6) is 0 Å². The van der Waals surface area contributed by atoms with Crippen LogP contribution < -0.4 is 5.32 Å². The summed E-state index contributed by atoms with van der Waals surface area (Å²) in [6, 6.07) is 8.03. The van der Waals surface area contributed by atoms with Crippen molar-refractivity contribution < 1.29 is 0 Å². The number of anilines is 1. The number of pyridine rings is 1. The molecule has 0 spiro atoms. The lowest BCUT2D eigenvalue weighted by molar-refractivity contribution is 0.923. The van der Waals surface area contributed by atoms with E-state index in [1.165, 1.54) is 6.42 Å². The first-order chi connectivity index (χ1) is 6.29. The highest BCUT2D eigenvalue weighted by Crippen LogP contribution is 2.31. The molecule has 1 fully saturated rings. The Hall–Kier alpha value is -1.56. The minimum atomic E-state index is 0.471. The van der Waals surface area contributed by atoms with Gasteiger partial charge in [0.25, 0.3) is 0 Å². The molecule has 0 amide bonds. The molecule has 1 aliphatic rings. The lowest BCUT2D eigenvalue weighted by Crippen LogP contribution is -2.05. The molecule has 0 aliphatic heterocycles. The molecule has 1 N–H and O–H groups in total. The highest BCUT2D eigenvalue weighted by molar-refractivity contribution is 5.40. The van der Waals surface area contributed by atoms with Gasteiger partial charge in [-0.15, -0.1) is 0 Å². The zero-order valence-electron chi connectivity index (χ0n) is 7.49. The van der Waals surface area contributed by atoms with Gasteiger partial charge in [-0.3, -0.25) is 0 Å². The van der Waals surface area contributed by atoms with Gasteiger partial charge in [-0.05, 0) is 24.5 Å². The third kappa shape index (κ3) is 1.78. The van der Waals surface area contributed by atoms with Crippen LogP contribution >= 0.6 is 0 Å². The molecule has 1 heterocycles. The molecule has 3 heteroatoms. The van der Waals surface area contributed by atoms with Gasteiger partial charge in [0.1, 0.15) is 17.6 Å². The molecule has 2 rings (SSSR count). The quantitative estimate of drug-likeness (QED) is 0.741. The highest BCUT2D eigenvalue weighted by Gasteiger charge is 2.32. The van der Waals surface area contributed by atoms with Crippen molar-refractivity contribution in [3.63, 3.8) is 0 Å². The van der Waals surface area contributed by atoms with Crippen molar-refractivity contribution in [1.29, 1.82) is 5.26 Å². The van der Waals surface area contributed by atoms with E-state index in [4.69, 9.17) is 5.26 Å². The first-order valence-electron chi connectivity index (χ1n) is 4.43. The number of nitrogens with one attached hydrogen (secondary N) is 1. The van der Waals surface area contributed by atoms with Crippen molar-refractivity contribution in [2.75, 3.05) is 5.32 Å². The monoisotopic (exact) mass is 173 g/mol. The van der Waals surface area contributed by atoms with Crippen molar-refractivity contribution in [2.45, 2.75) is 19.4 Å². The normalized spacial score (nSPS) is 24.9. The van der Waals surface area contributed by atoms with E-state index in [0.29, 0.717) is 11.7 Å². The van der Waals surface area contributed by atoms with E-state index in [1.807, 2.05) is 18.2 Å². The molecule has 0 radical (unpaired) electrons. The maximum atomic E-state index is 8.62. The van der Waals surface area contributed by atoms with Gasteiger partial charge in [0.15, 0.2) is 0 Å². The Labute approximate surface area is 77.4 Å². The van der Waals surface area contributed by atoms with Crippen molar-refractivity contribution in [3.8, 4) is 6.07 Å². The van der Waals surface area contributed by atoms with Crippen molar-refractivity contribution in [3.05, 3.63) is 23.9 Å². The Balaban J connectivity index is 2.08. The summed E-state index contributed by atoms with van der Waals surface area (Å²) in [4.78, 5) is 4.13. The van der Waals surface area contributed by atoms with Crippen LogP contribution in [0.3, 0.4) is 0 Å². The van der Waals surface area contributed by atoms with E-state index in [9.17, 15) is 0 Å². The van der Waals surface area contributed by atoms with Gasteiger partial charge in [0, 0.05) is 6.04 Å². The van der Waals surface area contributed by atoms with Crippen LogP contribution in [0.15, 0.2) is 18.2 Å². The predicted molar refractivity (Wildman–Crippen MR) is 50.1 cm³/mol. The molecule has 3 nitrogen and oxygen atoms in total. The molecule has 1 aromatic heterocycles. The molecular weight excluding hydrogens is 162 g/mol. The fraction of sp³-hybridized carbons (Fsp3) is 0.400. The zero-order valence-corrected chi connectivity index (χ0v) is 7.49. The van der Waals surface area contributed by atoms with Crippen molar-refractivity contribution >= 4 is 5.82 Å². The number of nitrogens with zero attached hydrogens (tertiary/aromatic N) is 2. The second-order valence-corrected chi connectivity index (χ2v) is 3.48. The van der Waals surface area contributed by atoms with E-state index in [0.717, 1.165) is 11.7 Å². The van der Waals surface area contributed by atoms with Crippen molar-refractivity contribution in [2.24, 2.45) is 5.92 Å². The summed E-state index contributed by atoms with van der Waals surface area (Å²) in [5.74, 6) is 1.56. The summed E-state index contributed by atoms with van der Waals surface area (Å²) < 4.78 is 0. The lowest BCUT2D eigenvalue weighted by atomic mass is 10.3. The van der Waals surface area contributed by atoms with Crippen LogP contribution in [0.25, 0.3) is 0 Å². The Kier molecular flexibility index (Phi) is 1.90. The number of hydrogen-bond donors (Lipinski definition) is 1. The molecular formula is C10H11N3. The van der Waals surface area contributed by atoms with Gasteiger partial charge in [-0.2, -0.15) is 5.26 Å². The second kappa shape index (κ2) is 3.06. The molecule has 13 heavy (non-hydrogen) atoms. The molecule has 0 saturated heterocycles. The maximum absolute atomic E-state index is 8.62. The highest BCUT2D eigenvalue weighted by atomic mass is 15.0. The van der Waals surface area contributed by atoms with E-state index in [1.54, 1.807) is 6.07 Å². The van der Waals surface area contributed by atoms with Crippen LogP contribution in [-0.2, 0) is 0 Å². The average Bonchev–Trinajstić information content (AvgIpc) is 2.82. The Bertz CT molecular complexity index is 353. The molecule has 0 unspecified atom stereocenters. The summed E-state index contributed by atoms with van der Waals surface area (Å²) in [5.41, 5.74) is 0.471. The van der Waals surface area contributed by atoms with Gasteiger partial charge in [-0.25, -0.2) is 4.98 Å². The number of nitriles is 1. The Morgan fingerprint density at radius 3 is 3.00 bits per heavy atom. The molecule has 2 atom stereocenters. The first kappa shape index (κ1) is 8.06. The number of rotatable bonds is 2. The van der Waals surface area contributed by atoms with Gasteiger partial charge >= 0.3 is 0 Å². The summed E-state index contributed by atoms with van der Waals surface area (Å²) in [7, 11) is 0. The zero-order chi connectivity index (χ0) is 9.26. The molecule has 0 aromatic carbocycles. The minimum absolute atomic E-state index is 0.471. The molecule has 0 bridgehead atoms. The van der Waals surface area contributed by atoms with Gasteiger partial charge < -0.3 is 5.32 Å². The predicted octanol–water partition coefficient (Wildman–Crippen LogP) is 1.77. The summed E-state index contributed by atoms with van der Waals surface area (Å²) >= 11 is 0. The van der Waals surface area contributed by atoms with Crippen LogP contribution in [-0.4, -0.2) is 11.0 Å². The largest absolute Gasteiger partial charge is 0.367 e. The SMILES string of the molecule is C[C@@H]1C[C@H]1Nc1cccc(C#N)n1. The average molecular weight is 173 g/mol. The number of aromatic nitrogens is 1. The van der Waals surface area contributed by atoms with Gasteiger partial charge in [0.05, 0.1) is 0 Å². The maximum Gasteiger partial charge on any atom is 0.142 e. The van der Waals surface area contributed by atoms with E-state index in [2.05, 4.69) is 17.2 Å². The minimum Gasteiger partial charge on any atom is -0.367 e. The van der Waals surface area contributed by atoms with Crippen LogP contribution in [0.2, 0.25) is 0 Å². The Morgan fingerprint density at radius 2 is 2.38 bits per heavy atom. The van der Waals surface area contributed by atoms with Crippen LogP contribution in [0.4, 0.5) is 5.82 Å². The third-order valence-electron chi connectivity index (χ3n) is 2.31. The summed E-state index contributed by atoms with van der Waals surface area (Å²) in [5, 5.41) is 11.9. The molecule has 1 saturated carbocycles. The molecule has 1 aliphatic carbocycles. The lowest BCUT2D eigenvalue weighted by Gasteiger charge is -2.02. The van der Waals surface area contributed by atoms with E-state index in [-0.39, 0.29) is 0 Å². The first-order valence-corrected chi connectivity index (χ1v) is 4.43. The van der Waals surface area contributed by atoms with E-state index >= 15 is 0 Å². The fourth-order valence-electron chi connectivity index (χ4n) is 1.29. The van der Waals surface area contributed by atoms with Crippen LogP contribution in [0, 0.1) is 17.2 Å². The van der Waals surface area contributed by atoms with E-state index < -0.39 is 0 Å². The van der Waals surface area contributed by atoms with Gasteiger partial charge in [0.2, 0.25) is 0 Å². The molecule has 1 aromatic rings. The van der Waals surface area contributed by atoms with Crippen LogP contribution in [0.1, 0.15) is 19.0 Å². The topological polar surface area (TPSA) is 48.7 Å². The van der Waals surface area contributed by atoms with Crippen molar-refractivity contribution in [1.82, 2.24) is 4.98 Å². The smallest absolute Gasteiger partial charge is 0.142 e. The summed E-state index contributed by atoms with van der Waals surface area (Å²) in [6.07, 6.45) is 1.21. The third-order valence-corrected chi connectivity index (χ3v) is 2.31. The molecule has 66 valence electrons. The Morgan fingerprint density at radius 1 is 1.62 bits per heavy atom. The second-order valence-electron chi connectivity index (χ2n) is 3.48. The summed E-state index contributed by atoms with van der Waals surface area (Å²) in [6.45, 7) is 2.20. The standard InChI is InChI=1S/C10H11N3/c1-7-5-9(7)13-10-4-2-3-8(6-11)12-10/h2-4,7,9H,5H2,1H3,(H,12,13)/t7-,9-/m1/s1.